The summed E-state index contributed by atoms with van der Waals surface area (Å²) < 4.78 is 0. The summed E-state index contributed by atoms with van der Waals surface area (Å²) in [6, 6.07) is 3.57. The SMILES string of the molecule is CNC(=O)c1ccc(N(C)CC2CCN(C)CC2)nn1. The van der Waals surface area contributed by atoms with Crippen LogP contribution in [0.25, 0.3) is 0 Å². The zero-order valence-electron chi connectivity index (χ0n) is 12.5. The minimum atomic E-state index is -0.206. The van der Waals surface area contributed by atoms with Crippen molar-refractivity contribution in [2.45, 2.75) is 12.8 Å². The number of rotatable bonds is 4. The smallest absolute Gasteiger partial charge is 0.271 e. The number of nitrogens with one attached hydrogen (secondary N) is 1. The highest BCUT2D eigenvalue weighted by molar-refractivity contribution is 5.91. The average molecular weight is 277 g/mol. The summed E-state index contributed by atoms with van der Waals surface area (Å²) >= 11 is 0. The number of hydrogen-bond acceptors (Lipinski definition) is 5. The molecule has 2 heterocycles. The largest absolute Gasteiger partial charge is 0.358 e. The molecule has 1 amide bonds. The van der Waals surface area contributed by atoms with Crippen molar-refractivity contribution < 1.29 is 4.79 Å². The maximum Gasteiger partial charge on any atom is 0.271 e. The van der Waals surface area contributed by atoms with Crippen molar-refractivity contribution in [3.63, 3.8) is 0 Å². The Kier molecular flexibility index (Phi) is 4.89. The molecule has 0 saturated carbocycles. The molecule has 0 unspecified atom stereocenters. The molecule has 0 spiro atoms. The zero-order valence-corrected chi connectivity index (χ0v) is 12.5. The highest BCUT2D eigenvalue weighted by Crippen LogP contribution is 2.19. The van der Waals surface area contributed by atoms with Crippen LogP contribution in [0.4, 0.5) is 5.82 Å². The second-order valence-electron chi connectivity index (χ2n) is 5.48. The third-order valence-corrected chi connectivity index (χ3v) is 3.87. The van der Waals surface area contributed by atoms with Crippen LogP contribution in [0.3, 0.4) is 0 Å². The molecule has 0 aromatic carbocycles. The van der Waals surface area contributed by atoms with Gasteiger partial charge in [-0.05, 0) is 51.0 Å². The lowest BCUT2D eigenvalue weighted by Gasteiger charge is -2.31. The topological polar surface area (TPSA) is 61.4 Å². The number of carbonyl (C=O) groups excluding carboxylic acids is 1. The van der Waals surface area contributed by atoms with E-state index in [9.17, 15) is 4.79 Å². The Morgan fingerprint density at radius 3 is 2.65 bits per heavy atom. The Hall–Kier alpha value is -1.69. The van der Waals surface area contributed by atoms with E-state index in [2.05, 4.69) is 32.4 Å². The quantitative estimate of drug-likeness (QED) is 0.874. The third-order valence-electron chi connectivity index (χ3n) is 3.87. The molecule has 1 aliphatic heterocycles. The number of carbonyl (C=O) groups is 1. The molecule has 1 N–H and O–H groups in total. The third kappa shape index (κ3) is 3.66. The van der Waals surface area contributed by atoms with E-state index in [4.69, 9.17) is 0 Å². The van der Waals surface area contributed by atoms with E-state index in [1.54, 1.807) is 13.1 Å². The van der Waals surface area contributed by atoms with E-state index < -0.39 is 0 Å². The first kappa shape index (κ1) is 14.7. The van der Waals surface area contributed by atoms with Crippen molar-refractivity contribution in [2.24, 2.45) is 5.92 Å². The number of nitrogens with zero attached hydrogens (tertiary/aromatic N) is 4. The number of anilines is 1. The van der Waals surface area contributed by atoms with Crippen LogP contribution in [0.1, 0.15) is 23.3 Å². The van der Waals surface area contributed by atoms with Gasteiger partial charge < -0.3 is 15.1 Å². The lowest BCUT2D eigenvalue weighted by atomic mass is 9.97. The first-order valence-corrected chi connectivity index (χ1v) is 7.05. The van der Waals surface area contributed by atoms with E-state index >= 15 is 0 Å². The molecule has 1 aliphatic rings. The maximum atomic E-state index is 11.4. The van der Waals surface area contributed by atoms with Crippen molar-refractivity contribution in [1.82, 2.24) is 20.4 Å². The van der Waals surface area contributed by atoms with Crippen LogP contribution in [0.2, 0.25) is 0 Å². The Morgan fingerprint density at radius 1 is 1.40 bits per heavy atom. The molecule has 0 atom stereocenters. The van der Waals surface area contributed by atoms with Gasteiger partial charge in [0.1, 0.15) is 0 Å². The first-order chi connectivity index (χ1) is 9.60. The van der Waals surface area contributed by atoms with Crippen LogP contribution >= 0.6 is 0 Å². The van der Waals surface area contributed by atoms with Gasteiger partial charge in [0.2, 0.25) is 0 Å². The van der Waals surface area contributed by atoms with E-state index in [1.165, 1.54) is 25.9 Å². The lowest BCUT2D eigenvalue weighted by molar-refractivity contribution is 0.0957. The Morgan fingerprint density at radius 2 is 2.10 bits per heavy atom. The van der Waals surface area contributed by atoms with Crippen molar-refractivity contribution in [3.8, 4) is 0 Å². The van der Waals surface area contributed by atoms with Gasteiger partial charge in [0.15, 0.2) is 11.5 Å². The van der Waals surface area contributed by atoms with Gasteiger partial charge in [-0.1, -0.05) is 0 Å². The summed E-state index contributed by atoms with van der Waals surface area (Å²) in [5, 5.41) is 10.6. The number of piperidine rings is 1. The van der Waals surface area contributed by atoms with Gasteiger partial charge in [0.25, 0.3) is 5.91 Å². The minimum absolute atomic E-state index is 0.206. The molecule has 0 bridgehead atoms. The predicted molar refractivity (Wildman–Crippen MR) is 78.9 cm³/mol. The molecule has 0 aliphatic carbocycles. The second kappa shape index (κ2) is 6.65. The zero-order chi connectivity index (χ0) is 14.5. The summed E-state index contributed by atoms with van der Waals surface area (Å²) in [4.78, 5) is 15.9. The highest BCUT2D eigenvalue weighted by Gasteiger charge is 2.19. The molecular formula is C14H23N5O. The molecule has 6 heteroatoms. The summed E-state index contributed by atoms with van der Waals surface area (Å²) in [7, 11) is 5.79. The van der Waals surface area contributed by atoms with Crippen LogP contribution in [-0.4, -0.2) is 61.8 Å². The van der Waals surface area contributed by atoms with E-state index in [-0.39, 0.29) is 5.91 Å². The number of hydrogen-bond donors (Lipinski definition) is 1. The Labute approximate surface area is 120 Å². The van der Waals surface area contributed by atoms with Gasteiger partial charge >= 0.3 is 0 Å². The van der Waals surface area contributed by atoms with Crippen LogP contribution in [-0.2, 0) is 0 Å². The summed E-state index contributed by atoms with van der Waals surface area (Å²) in [6.07, 6.45) is 2.45. The Bertz CT molecular complexity index is 439. The van der Waals surface area contributed by atoms with Gasteiger partial charge in [0.05, 0.1) is 0 Å². The summed E-state index contributed by atoms with van der Waals surface area (Å²) in [6.45, 7) is 3.32. The fourth-order valence-corrected chi connectivity index (χ4v) is 2.50. The molecule has 1 saturated heterocycles. The normalized spacial score (nSPS) is 16.9. The van der Waals surface area contributed by atoms with Crippen molar-refractivity contribution >= 4 is 11.7 Å². The monoisotopic (exact) mass is 277 g/mol. The average Bonchev–Trinajstić information content (AvgIpc) is 2.49. The lowest BCUT2D eigenvalue weighted by Crippen LogP contribution is -2.36. The van der Waals surface area contributed by atoms with Crippen molar-refractivity contribution in [1.29, 1.82) is 0 Å². The van der Waals surface area contributed by atoms with Crippen LogP contribution < -0.4 is 10.2 Å². The number of amides is 1. The number of aromatic nitrogens is 2. The van der Waals surface area contributed by atoms with Gasteiger partial charge in [0, 0.05) is 20.6 Å². The minimum Gasteiger partial charge on any atom is -0.358 e. The standard InChI is InChI=1S/C14H23N5O/c1-15-14(20)12-4-5-13(17-16-12)19(3)10-11-6-8-18(2)9-7-11/h4-5,11H,6-10H2,1-3H3,(H,15,20). The van der Waals surface area contributed by atoms with E-state index in [1.807, 2.05) is 13.1 Å². The molecule has 0 radical (unpaired) electrons. The van der Waals surface area contributed by atoms with Gasteiger partial charge in [-0.25, -0.2) is 0 Å². The molecule has 110 valence electrons. The second-order valence-corrected chi connectivity index (χ2v) is 5.48. The summed E-state index contributed by atoms with van der Waals surface area (Å²) in [5.41, 5.74) is 0.351. The molecule has 6 nitrogen and oxygen atoms in total. The van der Waals surface area contributed by atoms with Crippen LogP contribution in [0.15, 0.2) is 12.1 Å². The van der Waals surface area contributed by atoms with Gasteiger partial charge in [-0.15, -0.1) is 10.2 Å². The van der Waals surface area contributed by atoms with Crippen LogP contribution in [0, 0.1) is 5.92 Å². The van der Waals surface area contributed by atoms with Crippen molar-refractivity contribution in [3.05, 3.63) is 17.8 Å². The van der Waals surface area contributed by atoms with Crippen molar-refractivity contribution in [2.75, 3.05) is 45.7 Å². The van der Waals surface area contributed by atoms with E-state index in [0.29, 0.717) is 11.6 Å². The first-order valence-electron chi connectivity index (χ1n) is 7.05. The van der Waals surface area contributed by atoms with Crippen LogP contribution in [0.5, 0.6) is 0 Å². The number of likely N-dealkylation sites (tertiary alicyclic amines) is 1. The highest BCUT2D eigenvalue weighted by atomic mass is 16.1. The predicted octanol–water partition coefficient (Wildman–Crippen LogP) is 0.614. The molecule has 1 aromatic rings. The maximum absolute atomic E-state index is 11.4. The molecule has 2 rings (SSSR count). The Balaban J connectivity index is 1.92. The van der Waals surface area contributed by atoms with Gasteiger partial charge in [-0.3, -0.25) is 4.79 Å². The molecule has 1 aromatic heterocycles. The molecule has 20 heavy (non-hydrogen) atoms. The van der Waals surface area contributed by atoms with Gasteiger partial charge in [-0.2, -0.15) is 0 Å². The van der Waals surface area contributed by atoms with E-state index in [0.717, 1.165) is 12.4 Å². The fraction of sp³-hybridized carbons (Fsp3) is 0.643. The summed E-state index contributed by atoms with van der Waals surface area (Å²) in [5.74, 6) is 1.32. The fourth-order valence-electron chi connectivity index (χ4n) is 2.50. The molecule has 1 fully saturated rings. The molecular weight excluding hydrogens is 254 g/mol.